The molecule has 1 fully saturated rings. The Balaban J connectivity index is 2.25. The van der Waals surface area contributed by atoms with Crippen LogP contribution in [-0.2, 0) is 4.79 Å². The first-order valence-electron chi connectivity index (χ1n) is 5.59. The molecule has 0 unspecified atom stereocenters. The minimum absolute atomic E-state index is 0.286. The zero-order valence-electron chi connectivity index (χ0n) is 9.86. The van der Waals surface area contributed by atoms with Crippen molar-refractivity contribution >= 4 is 11.9 Å². The molecule has 17 heavy (non-hydrogen) atoms. The highest BCUT2D eigenvalue weighted by Crippen LogP contribution is 2.22. The number of carbonyl (C=O) groups is 2. The molecule has 0 N–H and O–H groups in total. The van der Waals surface area contributed by atoms with Gasteiger partial charge in [0.25, 0.3) is 5.91 Å². The van der Waals surface area contributed by atoms with E-state index in [9.17, 15) is 14.7 Å². The number of amides is 1. The molecular weight excluding hydrogens is 222 g/mol. The first-order valence-corrected chi connectivity index (χ1v) is 5.59. The number of furan rings is 1. The number of likely N-dealkylation sites (tertiary alicyclic amines) is 1. The van der Waals surface area contributed by atoms with E-state index in [2.05, 4.69) is 0 Å². The maximum Gasteiger partial charge on any atom is 0.257 e. The number of nitrogens with zero attached hydrogens (tertiary/aromatic N) is 1. The van der Waals surface area contributed by atoms with Crippen LogP contribution in [0.4, 0.5) is 0 Å². The second kappa shape index (κ2) is 4.24. The Bertz CT molecular complexity index is 463. The molecule has 5 heteroatoms. The van der Waals surface area contributed by atoms with E-state index in [0.717, 1.165) is 0 Å². The van der Waals surface area contributed by atoms with Crippen LogP contribution in [0, 0.1) is 13.8 Å². The van der Waals surface area contributed by atoms with Crippen LogP contribution in [0.2, 0.25) is 0 Å². The van der Waals surface area contributed by atoms with Crippen LogP contribution < -0.4 is 5.11 Å². The van der Waals surface area contributed by atoms with Gasteiger partial charge in [-0.05, 0) is 32.8 Å². The molecule has 92 valence electrons. The third-order valence-corrected chi connectivity index (χ3v) is 3.06. The zero-order valence-corrected chi connectivity index (χ0v) is 9.86. The summed E-state index contributed by atoms with van der Waals surface area (Å²) in [5.41, 5.74) is 0.440. The van der Waals surface area contributed by atoms with E-state index in [0.29, 0.717) is 36.5 Å². The summed E-state index contributed by atoms with van der Waals surface area (Å²) < 4.78 is 5.28. The van der Waals surface area contributed by atoms with E-state index >= 15 is 0 Å². The van der Waals surface area contributed by atoms with Crippen LogP contribution in [0.25, 0.3) is 0 Å². The van der Waals surface area contributed by atoms with E-state index in [1.807, 2.05) is 0 Å². The summed E-state index contributed by atoms with van der Waals surface area (Å²) in [6.07, 6.45) is 1.16. The molecule has 2 rings (SSSR count). The molecule has 0 radical (unpaired) electrons. The minimum atomic E-state index is -1.19. The average molecular weight is 236 g/mol. The van der Waals surface area contributed by atoms with Gasteiger partial charge in [0.1, 0.15) is 11.5 Å². The lowest BCUT2D eigenvalue weighted by molar-refractivity contribution is -0.310. The smallest absolute Gasteiger partial charge is 0.257 e. The molecule has 1 atom stereocenters. The Hall–Kier alpha value is -1.78. The van der Waals surface area contributed by atoms with Crippen molar-refractivity contribution in [2.24, 2.45) is 0 Å². The number of carboxylic acid groups (broad SMARTS) is 1. The summed E-state index contributed by atoms with van der Waals surface area (Å²) in [7, 11) is 0. The SMILES string of the molecule is Cc1cc(C(=O)N2CCC[C@H]2C(=O)[O-])c(C)o1. The highest BCUT2D eigenvalue weighted by Gasteiger charge is 2.31. The van der Waals surface area contributed by atoms with Crippen molar-refractivity contribution in [1.82, 2.24) is 4.90 Å². The largest absolute Gasteiger partial charge is 0.548 e. The molecule has 2 heterocycles. The average Bonchev–Trinajstić information content (AvgIpc) is 2.83. The van der Waals surface area contributed by atoms with Crippen LogP contribution in [0.15, 0.2) is 10.5 Å². The summed E-state index contributed by atoms with van der Waals surface area (Å²) >= 11 is 0. The number of rotatable bonds is 2. The molecule has 1 saturated heterocycles. The molecule has 1 amide bonds. The summed E-state index contributed by atoms with van der Waals surface area (Å²) in [5.74, 6) is -0.300. The van der Waals surface area contributed by atoms with Gasteiger partial charge in [0.05, 0.1) is 17.6 Å². The normalized spacial score (nSPS) is 19.6. The summed E-state index contributed by atoms with van der Waals surface area (Å²) in [6, 6.07) is 0.833. The molecule has 1 aliphatic heterocycles. The van der Waals surface area contributed by atoms with Gasteiger partial charge >= 0.3 is 0 Å². The molecule has 5 nitrogen and oxygen atoms in total. The highest BCUT2D eigenvalue weighted by molar-refractivity contribution is 5.97. The Morgan fingerprint density at radius 2 is 2.18 bits per heavy atom. The summed E-state index contributed by atoms with van der Waals surface area (Å²) in [6.45, 7) is 3.91. The van der Waals surface area contributed by atoms with Gasteiger partial charge in [-0.15, -0.1) is 0 Å². The van der Waals surface area contributed by atoms with Gasteiger partial charge in [0.2, 0.25) is 0 Å². The van der Waals surface area contributed by atoms with Gasteiger partial charge in [-0.1, -0.05) is 0 Å². The van der Waals surface area contributed by atoms with Gasteiger partial charge < -0.3 is 19.2 Å². The van der Waals surface area contributed by atoms with Gasteiger partial charge in [0, 0.05) is 6.54 Å². The fourth-order valence-electron chi connectivity index (χ4n) is 2.25. The van der Waals surface area contributed by atoms with Crippen LogP contribution in [0.3, 0.4) is 0 Å². The topological polar surface area (TPSA) is 73.6 Å². The molecule has 0 bridgehead atoms. The van der Waals surface area contributed by atoms with E-state index in [1.54, 1.807) is 19.9 Å². The van der Waals surface area contributed by atoms with E-state index in [4.69, 9.17) is 4.42 Å². The van der Waals surface area contributed by atoms with Gasteiger partial charge in [-0.25, -0.2) is 0 Å². The lowest BCUT2D eigenvalue weighted by atomic mass is 10.2. The molecule has 1 aromatic rings. The van der Waals surface area contributed by atoms with Crippen LogP contribution >= 0.6 is 0 Å². The molecule has 0 saturated carbocycles. The van der Waals surface area contributed by atoms with Crippen molar-refractivity contribution in [3.63, 3.8) is 0 Å². The monoisotopic (exact) mass is 236 g/mol. The predicted molar refractivity (Wildman–Crippen MR) is 57.2 cm³/mol. The predicted octanol–water partition coefficient (Wildman–Crippen LogP) is 0.251. The molecule has 0 aromatic carbocycles. The molecule has 0 spiro atoms. The number of aryl methyl sites for hydroxylation is 2. The maximum absolute atomic E-state index is 12.2. The lowest BCUT2D eigenvalue weighted by Crippen LogP contribution is -2.47. The van der Waals surface area contributed by atoms with Gasteiger partial charge in [0.15, 0.2) is 0 Å². The molecule has 1 aliphatic rings. The maximum atomic E-state index is 12.2. The van der Waals surface area contributed by atoms with Crippen molar-refractivity contribution in [1.29, 1.82) is 0 Å². The Labute approximate surface area is 99.0 Å². The Kier molecular flexibility index (Phi) is 2.92. The molecule has 0 aliphatic carbocycles. The van der Waals surface area contributed by atoms with E-state index in [-0.39, 0.29) is 5.91 Å². The van der Waals surface area contributed by atoms with Crippen molar-refractivity contribution < 1.29 is 19.1 Å². The number of aliphatic carboxylic acids is 1. The van der Waals surface area contributed by atoms with E-state index < -0.39 is 12.0 Å². The van der Waals surface area contributed by atoms with Crippen LogP contribution in [0.1, 0.15) is 34.7 Å². The number of carbonyl (C=O) groups excluding carboxylic acids is 2. The first-order chi connectivity index (χ1) is 8.00. The number of hydrogen-bond acceptors (Lipinski definition) is 4. The number of carboxylic acids is 1. The first kappa shape index (κ1) is 11.7. The highest BCUT2D eigenvalue weighted by atomic mass is 16.4. The van der Waals surface area contributed by atoms with Crippen molar-refractivity contribution in [2.45, 2.75) is 32.7 Å². The second-order valence-corrected chi connectivity index (χ2v) is 4.30. The minimum Gasteiger partial charge on any atom is -0.548 e. The van der Waals surface area contributed by atoms with Gasteiger partial charge in [-0.2, -0.15) is 0 Å². The quantitative estimate of drug-likeness (QED) is 0.737. The Morgan fingerprint density at radius 1 is 1.47 bits per heavy atom. The molecular formula is C12H14NO4-. The van der Waals surface area contributed by atoms with Crippen LogP contribution in [0.5, 0.6) is 0 Å². The van der Waals surface area contributed by atoms with Crippen molar-refractivity contribution in [3.8, 4) is 0 Å². The standard InChI is InChI=1S/C12H15NO4/c1-7-6-9(8(2)17-7)11(14)13-5-3-4-10(13)12(15)16/h6,10H,3-5H2,1-2H3,(H,15,16)/p-1/t10-/m0/s1. The summed E-state index contributed by atoms with van der Waals surface area (Å²) in [5, 5.41) is 10.9. The van der Waals surface area contributed by atoms with Crippen molar-refractivity contribution in [2.75, 3.05) is 6.54 Å². The lowest BCUT2D eigenvalue weighted by Gasteiger charge is -2.25. The van der Waals surface area contributed by atoms with Crippen molar-refractivity contribution in [3.05, 3.63) is 23.2 Å². The number of hydrogen-bond donors (Lipinski definition) is 0. The third-order valence-electron chi connectivity index (χ3n) is 3.06. The van der Waals surface area contributed by atoms with E-state index in [1.165, 1.54) is 4.90 Å². The zero-order chi connectivity index (χ0) is 12.6. The van der Waals surface area contributed by atoms with Crippen LogP contribution in [-0.4, -0.2) is 29.4 Å². The Morgan fingerprint density at radius 3 is 2.71 bits per heavy atom. The fourth-order valence-corrected chi connectivity index (χ4v) is 2.25. The fraction of sp³-hybridized carbons (Fsp3) is 0.500. The third kappa shape index (κ3) is 2.05. The second-order valence-electron chi connectivity index (χ2n) is 4.30. The molecule has 1 aromatic heterocycles. The van der Waals surface area contributed by atoms with Gasteiger partial charge in [-0.3, -0.25) is 4.79 Å². The summed E-state index contributed by atoms with van der Waals surface area (Å²) in [4.78, 5) is 24.4.